The highest BCUT2D eigenvalue weighted by molar-refractivity contribution is 7.98. The highest BCUT2D eigenvalue weighted by atomic mass is 32.2. The largest absolute Gasteiger partial charge is 0.511 e. The number of allylic oxidation sites excluding steroid dienone is 3. The summed E-state index contributed by atoms with van der Waals surface area (Å²) in [6.45, 7) is 1.84. The van der Waals surface area contributed by atoms with E-state index in [0.717, 1.165) is 23.1 Å². The van der Waals surface area contributed by atoms with Crippen LogP contribution in [0.4, 0.5) is 9.18 Å². The zero-order chi connectivity index (χ0) is 30.5. The molecule has 4 aliphatic rings. The lowest BCUT2D eigenvalue weighted by Crippen LogP contribution is -2.67. The molecule has 3 aliphatic heterocycles. The monoisotopic (exact) mass is 633 g/mol. The van der Waals surface area contributed by atoms with Crippen molar-refractivity contribution in [1.29, 1.82) is 0 Å². The molecule has 1 amide bonds. The van der Waals surface area contributed by atoms with Gasteiger partial charge in [-0.25, -0.2) is 9.18 Å². The summed E-state index contributed by atoms with van der Waals surface area (Å²) in [7, 11) is 1.16. The van der Waals surface area contributed by atoms with Gasteiger partial charge in [0.2, 0.25) is 17.5 Å². The molecule has 45 heavy (non-hydrogen) atoms. The number of fused-ring (bicyclic) bond motifs is 6. The third-order valence-electron chi connectivity index (χ3n) is 8.64. The Hall–Kier alpha value is -4.55. The van der Waals surface area contributed by atoms with Crippen molar-refractivity contribution >= 4 is 23.8 Å². The van der Waals surface area contributed by atoms with Gasteiger partial charge in [0.15, 0.2) is 5.69 Å². The van der Waals surface area contributed by atoms with Crippen molar-refractivity contribution in [3.8, 4) is 5.75 Å². The SMILES string of the molecule is COC(=O)OC(C)Oc1c2n(ccc1=O)N(C1c3ccccc3SCc3cccc(F)c31)[C@@H]1[C@H]3CC=CC=C3CCN1C2=O.O. The first kappa shape index (κ1) is 30.5. The lowest BCUT2D eigenvalue weighted by molar-refractivity contribution is -0.0487. The third-order valence-corrected chi connectivity index (χ3v) is 9.78. The first-order valence-electron chi connectivity index (χ1n) is 14.5. The molecule has 12 heteroatoms. The summed E-state index contributed by atoms with van der Waals surface area (Å²) >= 11 is 1.64. The molecular weight excluding hydrogens is 601 g/mol. The van der Waals surface area contributed by atoms with Crippen LogP contribution in [0, 0.1) is 11.7 Å². The topological polar surface area (TPSA) is 122 Å². The van der Waals surface area contributed by atoms with Gasteiger partial charge in [0.25, 0.3) is 5.91 Å². The Morgan fingerprint density at radius 3 is 2.76 bits per heavy atom. The highest BCUT2D eigenvalue weighted by Crippen LogP contribution is 2.48. The van der Waals surface area contributed by atoms with E-state index < -0.39 is 30.1 Å². The number of rotatable bonds is 4. The normalized spacial score (nSPS) is 21.8. The van der Waals surface area contributed by atoms with Crippen molar-refractivity contribution < 1.29 is 33.7 Å². The molecule has 2 N–H and O–H groups in total. The maximum atomic E-state index is 16.1. The quantitative estimate of drug-likeness (QED) is 0.300. The maximum Gasteiger partial charge on any atom is 0.511 e. The van der Waals surface area contributed by atoms with Crippen LogP contribution in [0.3, 0.4) is 0 Å². The minimum absolute atomic E-state index is 0. The fourth-order valence-corrected chi connectivity index (χ4v) is 7.87. The molecule has 1 fully saturated rings. The number of carbonyl (C=O) groups excluding carboxylic acids is 2. The van der Waals surface area contributed by atoms with Gasteiger partial charge in [-0.15, -0.1) is 11.8 Å². The summed E-state index contributed by atoms with van der Waals surface area (Å²) in [6.07, 6.45) is 6.46. The number of aromatic nitrogens is 1. The number of carbonyl (C=O) groups is 2. The van der Waals surface area contributed by atoms with Crippen LogP contribution in [0.15, 0.2) is 88.2 Å². The van der Waals surface area contributed by atoms with Gasteiger partial charge in [0, 0.05) is 47.9 Å². The van der Waals surface area contributed by atoms with Crippen LogP contribution >= 0.6 is 11.8 Å². The Balaban J connectivity index is 0.00000357. The average Bonchev–Trinajstić information content (AvgIpc) is 3.20. The molecule has 4 atom stereocenters. The standard InChI is InChI=1S/C33H30FN3O6S.H2O/c1-19(43-33(40)41-2)42-30-25(38)15-17-36-29(30)32(39)35-16-14-20-8-3-4-10-22(20)31(35)37(36)28-23-11-5-6-13-26(23)44-18-21-9-7-12-24(34)27(21)28;/h3-9,11-13,15,17,19,22,28,31H,10,14,16,18H2,1-2H3;1H2/t19?,22-,28?,31+;/m0./s1. The van der Waals surface area contributed by atoms with E-state index in [9.17, 15) is 14.4 Å². The van der Waals surface area contributed by atoms with E-state index in [2.05, 4.69) is 16.9 Å². The number of hydrogen-bond acceptors (Lipinski definition) is 8. The van der Waals surface area contributed by atoms with Crippen molar-refractivity contribution in [1.82, 2.24) is 9.58 Å². The molecule has 1 aromatic heterocycles. The van der Waals surface area contributed by atoms with Crippen LogP contribution < -0.4 is 15.2 Å². The Morgan fingerprint density at radius 1 is 1.11 bits per heavy atom. The second-order valence-corrected chi connectivity index (χ2v) is 12.1. The summed E-state index contributed by atoms with van der Waals surface area (Å²) in [6, 6.07) is 13.7. The van der Waals surface area contributed by atoms with Gasteiger partial charge in [-0.1, -0.05) is 54.1 Å². The predicted octanol–water partition coefficient (Wildman–Crippen LogP) is 4.69. The molecule has 2 aromatic carbocycles. The number of piperidine rings is 1. The van der Waals surface area contributed by atoms with Crippen LogP contribution in [0.25, 0.3) is 0 Å². The molecule has 10 nitrogen and oxygen atoms in total. The summed E-state index contributed by atoms with van der Waals surface area (Å²) < 4.78 is 33.3. The number of pyridine rings is 1. The maximum absolute atomic E-state index is 16.1. The smallest absolute Gasteiger partial charge is 0.448 e. The van der Waals surface area contributed by atoms with Crippen molar-refractivity contribution in [2.75, 3.05) is 18.7 Å². The lowest BCUT2D eigenvalue weighted by Gasteiger charge is -2.55. The van der Waals surface area contributed by atoms with E-state index in [0.29, 0.717) is 30.7 Å². The predicted molar refractivity (Wildman–Crippen MR) is 165 cm³/mol. The number of nitrogens with zero attached hydrogens (tertiary/aromatic N) is 3. The van der Waals surface area contributed by atoms with Crippen LogP contribution in [-0.2, 0) is 15.2 Å². The van der Waals surface area contributed by atoms with E-state index in [1.54, 1.807) is 33.6 Å². The first-order valence-corrected chi connectivity index (χ1v) is 15.5. The number of benzene rings is 2. The molecule has 2 unspecified atom stereocenters. The lowest BCUT2D eigenvalue weighted by atomic mass is 9.81. The van der Waals surface area contributed by atoms with E-state index in [1.165, 1.54) is 24.6 Å². The van der Waals surface area contributed by atoms with Crippen molar-refractivity contribution in [2.45, 2.75) is 48.9 Å². The van der Waals surface area contributed by atoms with Crippen molar-refractivity contribution in [3.05, 3.63) is 117 Å². The van der Waals surface area contributed by atoms with Gasteiger partial charge < -0.3 is 24.6 Å². The van der Waals surface area contributed by atoms with Crippen LogP contribution in [0.2, 0.25) is 0 Å². The van der Waals surface area contributed by atoms with Crippen molar-refractivity contribution in [2.24, 2.45) is 5.92 Å². The van der Waals surface area contributed by atoms with Gasteiger partial charge in [0.05, 0.1) is 7.11 Å². The first-order chi connectivity index (χ1) is 21.4. The number of amides is 1. The Morgan fingerprint density at radius 2 is 1.93 bits per heavy atom. The molecule has 4 heterocycles. The number of hydrogen-bond donors (Lipinski definition) is 0. The molecule has 0 bridgehead atoms. The number of halogens is 1. The second kappa shape index (κ2) is 12.1. The fourth-order valence-electron chi connectivity index (χ4n) is 6.78. The zero-order valence-corrected chi connectivity index (χ0v) is 25.5. The fraction of sp³-hybridized carbons (Fsp3) is 0.303. The summed E-state index contributed by atoms with van der Waals surface area (Å²) in [5.74, 6) is -0.473. The van der Waals surface area contributed by atoms with Gasteiger partial charge >= 0.3 is 6.16 Å². The number of thioether (sulfide) groups is 1. The van der Waals surface area contributed by atoms with E-state index >= 15 is 4.39 Å². The van der Waals surface area contributed by atoms with Crippen LogP contribution in [0.1, 0.15) is 53.0 Å². The van der Waals surface area contributed by atoms with Gasteiger partial charge in [0.1, 0.15) is 18.0 Å². The Bertz CT molecular complexity index is 1790. The molecule has 234 valence electrons. The summed E-state index contributed by atoms with van der Waals surface area (Å²) in [4.78, 5) is 42.3. The van der Waals surface area contributed by atoms with Crippen molar-refractivity contribution in [3.63, 3.8) is 0 Å². The third kappa shape index (κ3) is 5.07. The summed E-state index contributed by atoms with van der Waals surface area (Å²) in [5.41, 5.74) is 2.93. The molecule has 7 rings (SSSR count). The molecule has 1 aliphatic carbocycles. The minimum Gasteiger partial charge on any atom is -0.448 e. The number of ether oxygens (including phenoxy) is 3. The molecular formula is C33H32FN3O7S. The highest BCUT2D eigenvalue weighted by Gasteiger charge is 2.50. The zero-order valence-electron chi connectivity index (χ0n) is 24.6. The van der Waals surface area contributed by atoms with Crippen LogP contribution in [0.5, 0.6) is 5.75 Å². The second-order valence-electron chi connectivity index (χ2n) is 11.1. The van der Waals surface area contributed by atoms with E-state index in [-0.39, 0.29) is 34.6 Å². The minimum atomic E-state index is -1.23. The molecule has 0 spiro atoms. The van der Waals surface area contributed by atoms with E-state index in [1.807, 2.05) is 41.4 Å². The Labute approximate surface area is 262 Å². The molecule has 0 radical (unpaired) electrons. The van der Waals surface area contributed by atoms with Gasteiger partial charge in [-0.3, -0.25) is 19.3 Å². The number of methoxy groups -OCH3 is 1. The van der Waals surface area contributed by atoms with Gasteiger partial charge in [-0.2, -0.15) is 0 Å². The molecule has 0 saturated carbocycles. The van der Waals surface area contributed by atoms with E-state index in [4.69, 9.17) is 9.47 Å². The van der Waals surface area contributed by atoms with Crippen LogP contribution in [-0.4, -0.2) is 53.2 Å². The summed E-state index contributed by atoms with van der Waals surface area (Å²) in [5, 5.41) is 2.04. The van der Waals surface area contributed by atoms with Gasteiger partial charge in [-0.05, 0) is 36.1 Å². The molecule has 3 aromatic rings. The average molecular weight is 634 g/mol. The Kier molecular flexibility index (Phi) is 8.19. The molecule has 1 saturated heterocycles.